The van der Waals surface area contributed by atoms with Gasteiger partial charge in [-0.05, 0) is 45.0 Å². The molecule has 0 spiro atoms. The predicted molar refractivity (Wildman–Crippen MR) is 131 cm³/mol. The summed E-state index contributed by atoms with van der Waals surface area (Å²) < 4.78 is 54.8. The lowest BCUT2D eigenvalue weighted by atomic mass is 10.1. The zero-order chi connectivity index (χ0) is 24.9. The number of carbonyl (C=O) groups is 1. The fraction of sp³-hybridized carbons (Fsp3) is 0.455. The highest BCUT2D eigenvalue weighted by atomic mass is 32.2. The van der Waals surface area contributed by atoms with Crippen LogP contribution in [0.5, 0.6) is 0 Å². The van der Waals surface area contributed by atoms with E-state index >= 15 is 0 Å². The minimum Gasteiger partial charge on any atom is -0.382 e. The van der Waals surface area contributed by atoms with Gasteiger partial charge in [-0.2, -0.15) is 0 Å². The molecule has 0 aliphatic carbocycles. The predicted octanol–water partition coefficient (Wildman–Crippen LogP) is 2.95. The molecule has 0 saturated carbocycles. The van der Waals surface area contributed by atoms with E-state index in [4.69, 9.17) is 5.73 Å². The highest BCUT2D eigenvalue weighted by Gasteiger charge is 2.29. The van der Waals surface area contributed by atoms with E-state index in [0.29, 0.717) is 50.6 Å². The summed E-state index contributed by atoms with van der Waals surface area (Å²) in [6.45, 7) is 5.80. The van der Waals surface area contributed by atoms with Gasteiger partial charge in [-0.3, -0.25) is 4.79 Å². The molecule has 2 aromatic rings. The summed E-state index contributed by atoms with van der Waals surface area (Å²) in [4.78, 5) is 18.7. The van der Waals surface area contributed by atoms with Gasteiger partial charge in [-0.15, -0.1) is 6.58 Å². The van der Waals surface area contributed by atoms with Crippen molar-refractivity contribution in [3.63, 3.8) is 0 Å². The molecule has 0 amide bonds. The first kappa shape index (κ1) is 26.2. The zero-order valence-electron chi connectivity index (χ0n) is 19.0. The van der Waals surface area contributed by atoms with Gasteiger partial charge < -0.3 is 16.0 Å². The summed E-state index contributed by atoms with van der Waals surface area (Å²) in [5.41, 5.74) is 5.18. The first-order valence-electron chi connectivity index (χ1n) is 10.9. The van der Waals surface area contributed by atoms with Crippen molar-refractivity contribution in [2.45, 2.75) is 25.3 Å². The van der Waals surface area contributed by atoms with E-state index in [1.54, 1.807) is 6.08 Å². The molecule has 0 radical (unpaired) electrons. The number of rotatable bonds is 11. The molecule has 1 saturated heterocycles. The molecule has 1 aromatic carbocycles. The van der Waals surface area contributed by atoms with Gasteiger partial charge in [-0.1, -0.05) is 23.5 Å². The van der Waals surface area contributed by atoms with E-state index in [1.807, 2.05) is 11.9 Å². The van der Waals surface area contributed by atoms with Gasteiger partial charge in [0.15, 0.2) is 5.13 Å². The number of nitrogen functional groups attached to an aromatic ring is 1. The monoisotopic (exact) mass is 513 g/mol. The van der Waals surface area contributed by atoms with E-state index < -0.39 is 33.0 Å². The van der Waals surface area contributed by atoms with Crippen LogP contribution in [0.2, 0.25) is 0 Å². The molecule has 12 heteroatoms. The highest BCUT2D eigenvalue weighted by molar-refractivity contribution is 7.89. The molecular weight excluding hydrogens is 484 g/mol. The fourth-order valence-corrected chi connectivity index (χ4v) is 6.22. The van der Waals surface area contributed by atoms with E-state index in [-0.39, 0.29) is 22.5 Å². The number of likely N-dealkylation sites (N-methyl/N-ethyl adjacent to an activating group) is 1. The lowest BCUT2D eigenvalue weighted by molar-refractivity contribution is 0.103. The number of hydrogen-bond acceptors (Lipinski definition) is 8. The van der Waals surface area contributed by atoms with Crippen molar-refractivity contribution in [2.75, 3.05) is 50.0 Å². The smallest absolute Gasteiger partial charge is 0.214 e. The zero-order valence-corrected chi connectivity index (χ0v) is 20.6. The first-order chi connectivity index (χ1) is 16.1. The van der Waals surface area contributed by atoms with Gasteiger partial charge in [-0.25, -0.2) is 26.5 Å². The number of piperidine rings is 1. The molecule has 2 heterocycles. The molecule has 1 aliphatic rings. The molecule has 3 N–H and O–H groups in total. The number of thiazole rings is 1. The van der Waals surface area contributed by atoms with E-state index in [1.165, 1.54) is 10.4 Å². The second kappa shape index (κ2) is 11.3. The lowest BCUT2D eigenvalue weighted by Crippen LogP contribution is -2.43. The number of ketones is 1. The van der Waals surface area contributed by atoms with Gasteiger partial charge >= 0.3 is 0 Å². The molecule has 0 unspecified atom stereocenters. The van der Waals surface area contributed by atoms with E-state index in [0.717, 1.165) is 23.5 Å². The number of sulfonamides is 1. The molecule has 0 atom stereocenters. The largest absolute Gasteiger partial charge is 0.382 e. The van der Waals surface area contributed by atoms with Crippen molar-refractivity contribution < 1.29 is 22.0 Å². The van der Waals surface area contributed by atoms with Crippen molar-refractivity contribution in [2.24, 2.45) is 0 Å². The van der Waals surface area contributed by atoms with Gasteiger partial charge in [0.25, 0.3) is 0 Å². The maximum absolute atomic E-state index is 14.0. The third-order valence-corrected chi connectivity index (χ3v) is 8.56. The summed E-state index contributed by atoms with van der Waals surface area (Å²) in [6.07, 6.45) is 3.43. The van der Waals surface area contributed by atoms with Crippen molar-refractivity contribution >= 4 is 38.1 Å². The van der Waals surface area contributed by atoms with Gasteiger partial charge in [0.05, 0.1) is 11.3 Å². The quantitative estimate of drug-likeness (QED) is 0.351. The van der Waals surface area contributed by atoms with Crippen molar-refractivity contribution in [3.05, 3.63) is 52.9 Å². The second-order valence-electron chi connectivity index (χ2n) is 8.20. The number of nitrogens with two attached hydrogens (primary N) is 1. The van der Waals surface area contributed by atoms with Crippen molar-refractivity contribution in [1.29, 1.82) is 0 Å². The highest BCUT2D eigenvalue weighted by Crippen LogP contribution is 2.30. The number of aromatic nitrogens is 1. The Kier molecular flexibility index (Phi) is 8.74. The van der Waals surface area contributed by atoms with Crippen LogP contribution in [0.3, 0.4) is 0 Å². The summed E-state index contributed by atoms with van der Waals surface area (Å²) in [5, 5.41) is 3.52. The molecule has 8 nitrogen and oxygen atoms in total. The van der Waals surface area contributed by atoms with Crippen molar-refractivity contribution in [1.82, 2.24) is 14.2 Å². The molecular formula is C22H29F2N5O3S2. The number of anilines is 2. The summed E-state index contributed by atoms with van der Waals surface area (Å²) in [6, 6.07) is 3.13. The van der Waals surface area contributed by atoms with Crippen LogP contribution in [0.1, 0.15) is 34.5 Å². The van der Waals surface area contributed by atoms with Gasteiger partial charge in [0.2, 0.25) is 15.8 Å². The number of halogens is 2. The molecule has 1 fully saturated rings. The fourth-order valence-electron chi connectivity index (χ4n) is 3.80. The number of benzene rings is 1. The normalized spacial score (nSPS) is 15.5. The molecule has 1 aliphatic heterocycles. The van der Waals surface area contributed by atoms with Gasteiger partial charge in [0, 0.05) is 25.7 Å². The summed E-state index contributed by atoms with van der Waals surface area (Å²) >= 11 is 0.924. The SMILES string of the molecule is C=CCN(C)CCCS(=O)(=O)N1CCC(Nc2nc(N)c(C(=O)c3c(F)cccc3F)s2)CC1. The second-order valence-corrected chi connectivity index (χ2v) is 11.3. The lowest BCUT2D eigenvalue weighted by Gasteiger charge is -2.31. The molecule has 3 rings (SSSR count). The molecule has 1 aromatic heterocycles. The Bertz CT molecular complexity index is 1110. The Hall–Kier alpha value is -2.41. The van der Waals surface area contributed by atoms with Crippen molar-refractivity contribution in [3.8, 4) is 0 Å². The summed E-state index contributed by atoms with van der Waals surface area (Å²) in [7, 11) is -1.42. The Morgan fingerprint density at radius 1 is 1.35 bits per heavy atom. The van der Waals surface area contributed by atoms with Crippen LogP contribution in [0.25, 0.3) is 0 Å². The van der Waals surface area contributed by atoms with Crippen LogP contribution >= 0.6 is 11.3 Å². The Morgan fingerprint density at radius 3 is 2.62 bits per heavy atom. The number of hydrogen-bond donors (Lipinski definition) is 2. The number of carbonyl (C=O) groups excluding carboxylic acids is 1. The average molecular weight is 514 g/mol. The molecule has 0 bridgehead atoms. The minimum atomic E-state index is -3.34. The number of nitrogens with one attached hydrogen (secondary N) is 1. The topological polar surface area (TPSA) is 109 Å². The average Bonchev–Trinajstić information content (AvgIpc) is 3.14. The minimum absolute atomic E-state index is 0.0482. The van der Waals surface area contributed by atoms with Crippen LogP contribution in [-0.2, 0) is 10.0 Å². The van der Waals surface area contributed by atoms with E-state index in [9.17, 15) is 22.0 Å². The summed E-state index contributed by atoms with van der Waals surface area (Å²) in [5.74, 6) is -2.81. The Labute approximate surface area is 202 Å². The van der Waals surface area contributed by atoms with Crippen LogP contribution in [-0.4, -0.2) is 73.4 Å². The Morgan fingerprint density at radius 2 is 2.00 bits per heavy atom. The van der Waals surface area contributed by atoms with Crippen LogP contribution < -0.4 is 11.1 Å². The van der Waals surface area contributed by atoms with Crippen LogP contribution in [0.15, 0.2) is 30.9 Å². The van der Waals surface area contributed by atoms with Crippen LogP contribution in [0.4, 0.5) is 19.7 Å². The van der Waals surface area contributed by atoms with Crippen LogP contribution in [0, 0.1) is 11.6 Å². The third-order valence-electron chi connectivity index (χ3n) is 5.61. The maximum atomic E-state index is 14.0. The van der Waals surface area contributed by atoms with Gasteiger partial charge in [0.1, 0.15) is 22.3 Å². The molecule has 34 heavy (non-hydrogen) atoms. The maximum Gasteiger partial charge on any atom is 0.214 e. The standard InChI is InChI=1S/C22H29F2N5O3S2/c1-3-10-28(2)11-5-14-34(31,32)29-12-8-15(9-13-29)26-22-27-21(25)20(33-22)19(30)18-16(23)6-4-7-17(18)24/h3-4,6-7,15H,1,5,8-14,25H2,2H3,(H,26,27). The Balaban J connectivity index is 1.56. The van der Waals surface area contributed by atoms with E-state index in [2.05, 4.69) is 16.9 Å². The number of nitrogens with zero attached hydrogens (tertiary/aromatic N) is 3. The first-order valence-corrected chi connectivity index (χ1v) is 13.3. The third kappa shape index (κ3) is 6.38. The molecule has 186 valence electrons.